The second-order valence-corrected chi connectivity index (χ2v) is 8.81. The number of carbonyl (C=O) groups is 1. The SMILES string of the molecule is COc1cccc(C2CC(C(=O)NCc3cccs3)N(C)S(=O)(=O)N2)c1. The minimum absolute atomic E-state index is 0.307. The summed E-state index contributed by atoms with van der Waals surface area (Å²) in [5.74, 6) is 0.332. The molecule has 140 valence electrons. The lowest BCUT2D eigenvalue weighted by Crippen LogP contribution is -2.57. The topological polar surface area (TPSA) is 87.7 Å². The molecule has 2 heterocycles. The molecule has 0 aliphatic carbocycles. The predicted octanol–water partition coefficient (Wildman–Crippen LogP) is 1.65. The van der Waals surface area contributed by atoms with Crippen molar-refractivity contribution in [1.29, 1.82) is 0 Å². The molecule has 0 saturated carbocycles. The number of thiophene rings is 1. The van der Waals surface area contributed by atoms with Crippen molar-refractivity contribution >= 4 is 27.5 Å². The van der Waals surface area contributed by atoms with Crippen molar-refractivity contribution in [3.63, 3.8) is 0 Å². The van der Waals surface area contributed by atoms with Crippen LogP contribution in [-0.2, 0) is 21.5 Å². The van der Waals surface area contributed by atoms with Crippen molar-refractivity contribution in [3.8, 4) is 5.75 Å². The minimum Gasteiger partial charge on any atom is -0.497 e. The van der Waals surface area contributed by atoms with Gasteiger partial charge in [0.15, 0.2) is 0 Å². The number of methoxy groups -OCH3 is 1. The zero-order valence-corrected chi connectivity index (χ0v) is 16.1. The van der Waals surface area contributed by atoms with Crippen LogP contribution in [0.3, 0.4) is 0 Å². The smallest absolute Gasteiger partial charge is 0.280 e. The number of ether oxygens (including phenoxy) is 1. The van der Waals surface area contributed by atoms with Gasteiger partial charge in [0.2, 0.25) is 5.91 Å². The molecule has 1 amide bonds. The maximum absolute atomic E-state index is 12.6. The largest absolute Gasteiger partial charge is 0.497 e. The van der Waals surface area contributed by atoms with Crippen LogP contribution >= 0.6 is 11.3 Å². The van der Waals surface area contributed by atoms with Crippen molar-refractivity contribution in [3.05, 3.63) is 52.2 Å². The summed E-state index contributed by atoms with van der Waals surface area (Å²) < 4.78 is 33.9. The third-order valence-electron chi connectivity index (χ3n) is 4.38. The Morgan fingerprint density at radius 3 is 2.88 bits per heavy atom. The first-order valence-electron chi connectivity index (χ1n) is 8.10. The van der Waals surface area contributed by atoms with E-state index in [1.165, 1.54) is 7.05 Å². The van der Waals surface area contributed by atoms with Crippen LogP contribution in [0.15, 0.2) is 41.8 Å². The number of nitrogens with zero attached hydrogens (tertiary/aromatic N) is 1. The number of likely N-dealkylation sites (N-methyl/N-ethyl adjacent to an activating group) is 1. The zero-order chi connectivity index (χ0) is 18.7. The van der Waals surface area contributed by atoms with Gasteiger partial charge in [-0.15, -0.1) is 11.3 Å². The molecule has 1 aliphatic rings. The Hall–Kier alpha value is -1.94. The number of nitrogens with one attached hydrogen (secondary N) is 2. The number of benzene rings is 1. The molecule has 0 spiro atoms. The standard InChI is InChI=1S/C17H21N3O4S2/c1-20-16(17(21)18-11-14-7-4-8-25-14)10-15(19-26(20,22)23)12-5-3-6-13(9-12)24-2/h3-9,15-16,19H,10-11H2,1-2H3,(H,18,21). The van der Waals surface area contributed by atoms with Crippen LogP contribution in [0.4, 0.5) is 0 Å². The fourth-order valence-corrected chi connectivity index (χ4v) is 4.81. The summed E-state index contributed by atoms with van der Waals surface area (Å²) in [5.41, 5.74) is 0.761. The Morgan fingerprint density at radius 1 is 1.38 bits per heavy atom. The molecule has 1 aromatic heterocycles. The third-order valence-corrected chi connectivity index (χ3v) is 6.86. The fourth-order valence-electron chi connectivity index (χ4n) is 2.89. The van der Waals surface area contributed by atoms with E-state index in [-0.39, 0.29) is 5.91 Å². The van der Waals surface area contributed by atoms with E-state index < -0.39 is 22.3 Å². The number of rotatable bonds is 5. The Morgan fingerprint density at radius 2 is 2.19 bits per heavy atom. The Labute approximate surface area is 157 Å². The summed E-state index contributed by atoms with van der Waals surface area (Å²) in [6.45, 7) is 0.387. The van der Waals surface area contributed by atoms with Crippen molar-refractivity contribution in [2.45, 2.75) is 25.0 Å². The second-order valence-electron chi connectivity index (χ2n) is 6.02. The average Bonchev–Trinajstić information content (AvgIpc) is 3.15. The quantitative estimate of drug-likeness (QED) is 0.806. The molecule has 9 heteroatoms. The summed E-state index contributed by atoms with van der Waals surface area (Å²) in [4.78, 5) is 13.6. The van der Waals surface area contributed by atoms with Gasteiger partial charge in [-0.25, -0.2) is 0 Å². The van der Waals surface area contributed by atoms with Crippen molar-refractivity contribution in [1.82, 2.24) is 14.3 Å². The van der Waals surface area contributed by atoms with E-state index >= 15 is 0 Å². The van der Waals surface area contributed by atoms with Crippen molar-refractivity contribution < 1.29 is 17.9 Å². The molecular weight excluding hydrogens is 374 g/mol. The van der Waals surface area contributed by atoms with Crippen LogP contribution in [0.2, 0.25) is 0 Å². The summed E-state index contributed by atoms with van der Waals surface area (Å²) in [6, 6.07) is 9.74. The van der Waals surface area contributed by atoms with E-state index in [2.05, 4.69) is 10.0 Å². The van der Waals surface area contributed by atoms with Crippen LogP contribution in [0.25, 0.3) is 0 Å². The van der Waals surface area contributed by atoms with Gasteiger partial charge in [0.05, 0.1) is 19.7 Å². The van der Waals surface area contributed by atoms with Crippen LogP contribution in [0, 0.1) is 0 Å². The summed E-state index contributed by atoms with van der Waals surface area (Å²) in [6.07, 6.45) is 0.333. The molecule has 26 heavy (non-hydrogen) atoms. The van der Waals surface area contributed by atoms with Gasteiger partial charge in [0, 0.05) is 11.9 Å². The maximum Gasteiger partial charge on any atom is 0.280 e. The van der Waals surface area contributed by atoms with Gasteiger partial charge in [-0.1, -0.05) is 18.2 Å². The van der Waals surface area contributed by atoms with E-state index in [4.69, 9.17) is 4.74 Å². The van der Waals surface area contributed by atoms with Crippen molar-refractivity contribution in [2.75, 3.05) is 14.2 Å². The summed E-state index contributed by atoms with van der Waals surface area (Å²) in [5, 5.41) is 4.76. The minimum atomic E-state index is -3.76. The normalized spacial score (nSPS) is 22.7. The first kappa shape index (κ1) is 18.8. The second kappa shape index (κ2) is 7.75. The molecule has 2 aromatic rings. The Kier molecular flexibility index (Phi) is 5.61. The number of carbonyl (C=O) groups excluding carboxylic acids is 1. The molecule has 2 unspecified atom stereocenters. The van der Waals surface area contributed by atoms with Gasteiger partial charge in [0.1, 0.15) is 11.8 Å². The molecule has 2 atom stereocenters. The molecule has 1 aromatic carbocycles. The first-order chi connectivity index (χ1) is 12.4. The molecule has 7 nitrogen and oxygen atoms in total. The molecule has 0 radical (unpaired) electrons. The number of amides is 1. The highest BCUT2D eigenvalue weighted by atomic mass is 32.2. The Balaban J connectivity index is 1.78. The molecule has 1 aliphatic heterocycles. The molecule has 2 N–H and O–H groups in total. The van der Waals surface area contributed by atoms with Gasteiger partial charge in [0.25, 0.3) is 10.2 Å². The van der Waals surface area contributed by atoms with Crippen LogP contribution < -0.4 is 14.8 Å². The first-order valence-corrected chi connectivity index (χ1v) is 10.4. The number of hydrogen-bond acceptors (Lipinski definition) is 5. The fraction of sp³-hybridized carbons (Fsp3) is 0.353. The van der Waals surface area contributed by atoms with Gasteiger partial charge in [-0.2, -0.15) is 17.4 Å². The highest BCUT2D eigenvalue weighted by molar-refractivity contribution is 7.87. The van der Waals surface area contributed by atoms with Crippen LogP contribution in [0.1, 0.15) is 22.9 Å². The predicted molar refractivity (Wildman–Crippen MR) is 100 cm³/mol. The van der Waals surface area contributed by atoms with Crippen LogP contribution in [-0.4, -0.2) is 38.8 Å². The molecule has 3 rings (SSSR count). The van der Waals surface area contributed by atoms with Gasteiger partial charge >= 0.3 is 0 Å². The van der Waals surface area contributed by atoms with E-state index in [0.717, 1.165) is 14.7 Å². The van der Waals surface area contributed by atoms with Crippen molar-refractivity contribution in [2.24, 2.45) is 0 Å². The Bertz CT molecular complexity index is 868. The molecule has 0 bridgehead atoms. The lowest BCUT2D eigenvalue weighted by molar-refractivity contribution is -0.125. The molecule has 1 fully saturated rings. The highest BCUT2D eigenvalue weighted by Crippen LogP contribution is 2.29. The highest BCUT2D eigenvalue weighted by Gasteiger charge is 2.40. The summed E-state index contributed by atoms with van der Waals surface area (Å²) >= 11 is 1.54. The van der Waals surface area contributed by atoms with Gasteiger partial charge in [-0.3, -0.25) is 4.79 Å². The van der Waals surface area contributed by atoms with E-state index in [0.29, 0.717) is 18.7 Å². The van der Waals surface area contributed by atoms with E-state index in [9.17, 15) is 13.2 Å². The molecular formula is C17H21N3O4S2. The van der Waals surface area contributed by atoms with Crippen LogP contribution in [0.5, 0.6) is 5.75 Å². The zero-order valence-electron chi connectivity index (χ0n) is 14.5. The van der Waals surface area contributed by atoms with Gasteiger partial charge < -0.3 is 10.1 Å². The molecule has 1 saturated heterocycles. The maximum atomic E-state index is 12.6. The average molecular weight is 396 g/mol. The summed E-state index contributed by atoms with van der Waals surface area (Å²) in [7, 11) is -0.790. The lowest BCUT2D eigenvalue weighted by Gasteiger charge is -2.36. The third kappa shape index (κ3) is 4.07. The van der Waals surface area contributed by atoms with Gasteiger partial charge in [-0.05, 0) is 35.6 Å². The number of hydrogen-bond donors (Lipinski definition) is 2. The monoisotopic (exact) mass is 395 g/mol. The lowest BCUT2D eigenvalue weighted by atomic mass is 9.99. The van der Waals surface area contributed by atoms with E-state index in [1.807, 2.05) is 23.6 Å². The van der Waals surface area contributed by atoms with E-state index in [1.54, 1.807) is 36.6 Å².